The normalized spacial score (nSPS) is 14.0. The molecule has 146 valence electrons. The molecule has 0 bridgehead atoms. The minimum Gasteiger partial charge on any atom is -0.496 e. The van der Waals surface area contributed by atoms with Crippen LogP contribution < -0.4 is 4.74 Å². The summed E-state index contributed by atoms with van der Waals surface area (Å²) in [6.45, 7) is 2.76. The first kappa shape index (κ1) is 18.4. The summed E-state index contributed by atoms with van der Waals surface area (Å²) < 4.78 is 5.48. The Morgan fingerprint density at radius 3 is 2.90 bits per heavy atom. The van der Waals surface area contributed by atoms with Crippen LogP contribution >= 0.6 is 22.7 Å². The van der Waals surface area contributed by atoms with Gasteiger partial charge in [0.05, 0.1) is 23.2 Å². The van der Waals surface area contributed by atoms with Gasteiger partial charge in [0.2, 0.25) is 0 Å². The highest BCUT2D eigenvalue weighted by Crippen LogP contribution is 2.33. The highest BCUT2D eigenvalue weighted by Gasteiger charge is 2.20. The predicted octanol–water partition coefficient (Wildman–Crippen LogP) is 4.90. The first-order valence-corrected chi connectivity index (χ1v) is 11.2. The molecule has 0 amide bonds. The molecule has 7 heteroatoms. The van der Waals surface area contributed by atoms with E-state index in [1.54, 1.807) is 29.8 Å². The van der Waals surface area contributed by atoms with Crippen LogP contribution in [0.15, 0.2) is 54.2 Å². The monoisotopic (exact) mass is 420 g/mol. The van der Waals surface area contributed by atoms with Gasteiger partial charge in [-0.05, 0) is 23.6 Å². The maximum Gasteiger partial charge on any atom is 0.169 e. The maximum atomic E-state index is 5.48. The van der Waals surface area contributed by atoms with Crippen LogP contribution in [0.4, 0.5) is 0 Å². The zero-order valence-corrected chi connectivity index (χ0v) is 17.7. The average molecular weight is 421 g/mol. The Morgan fingerprint density at radius 2 is 2.03 bits per heavy atom. The summed E-state index contributed by atoms with van der Waals surface area (Å²) >= 11 is 3.41. The number of aromatic nitrogens is 3. The van der Waals surface area contributed by atoms with Gasteiger partial charge in [-0.3, -0.25) is 4.90 Å². The summed E-state index contributed by atoms with van der Waals surface area (Å²) in [6.07, 6.45) is 4.93. The van der Waals surface area contributed by atoms with E-state index in [1.807, 2.05) is 36.7 Å². The van der Waals surface area contributed by atoms with Gasteiger partial charge in [0.15, 0.2) is 5.82 Å². The van der Waals surface area contributed by atoms with E-state index in [2.05, 4.69) is 32.4 Å². The van der Waals surface area contributed by atoms with E-state index in [0.717, 1.165) is 53.1 Å². The molecular weight excluding hydrogens is 400 g/mol. The van der Waals surface area contributed by atoms with E-state index in [1.165, 1.54) is 16.1 Å². The van der Waals surface area contributed by atoms with Crippen molar-refractivity contribution in [2.75, 3.05) is 13.7 Å². The van der Waals surface area contributed by atoms with E-state index in [0.29, 0.717) is 0 Å². The summed E-state index contributed by atoms with van der Waals surface area (Å²) in [7, 11) is 1.70. The van der Waals surface area contributed by atoms with Crippen LogP contribution in [0.1, 0.15) is 16.1 Å². The summed E-state index contributed by atoms with van der Waals surface area (Å²) in [5, 5.41) is 3.06. The second kappa shape index (κ2) is 8.02. The molecule has 0 spiro atoms. The molecule has 0 unspecified atom stereocenters. The molecule has 29 heavy (non-hydrogen) atoms. The van der Waals surface area contributed by atoms with Crippen LogP contribution in [0.5, 0.6) is 5.75 Å². The Hall–Kier alpha value is -2.61. The van der Waals surface area contributed by atoms with Crippen molar-refractivity contribution in [3.8, 4) is 27.0 Å². The third kappa shape index (κ3) is 3.81. The highest BCUT2D eigenvalue weighted by molar-refractivity contribution is 7.15. The molecule has 4 aromatic rings. The van der Waals surface area contributed by atoms with Crippen molar-refractivity contribution in [1.82, 2.24) is 19.9 Å². The lowest BCUT2D eigenvalue weighted by atomic mass is 10.1. The summed E-state index contributed by atoms with van der Waals surface area (Å²) in [4.78, 5) is 18.9. The average Bonchev–Trinajstić information content (AvgIpc) is 3.46. The Bertz CT molecular complexity index is 1120. The van der Waals surface area contributed by atoms with Crippen LogP contribution in [0.2, 0.25) is 0 Å². The van der Waals surface area contributed by atoms with Crippen LogP contribution in [0.25, 0.3) is 21.3 Å². The zero-order chi connectivity index (χ0) is 19.6. The minimum absolute atomic E-state index is 0.844. The first-order valence-electron chi connectivity index (χ1n) is 9.49. The quantitative estimate of drug-likeness (QED) is 0.460. The number of thiophene rings is 1. The minimum atomic E-state index is 0.844. The highest BCUT2D eigenvalue weighted by atomic mass is 32.1. The van der Waals surface area contributed by atoms with Gasteiger partial charge in [0.1, 0.15) is 10.8 Å². The van der Waals surface area contributed by atoms with E-state index < -0.39 is 0 Å². The van der Waals surface area contributed by atoms with Crippen LogP contribution in [-0.2, 0) is 19.5 Å². The van der Waals surface area contributed by atoms with Gasteiger partial charge in [0.25, 0.3) is 0 Å². The zero-order valence-electron chi connectivity index (χ0n) is 16.0. The fourth-order valence-corrected chi connectivity index (χ4v) is 5.23. The molecule has 0 fully saturated rings. The van der Waals surface area contributed by atoms with E-state index in [-0.39, 0.29) is 0 Å². The summed E-state index contributed by atoms with van der Waals surface area (Å²) in [6, 6.07) is 12.1. The lowest BCUT2D eigenvalue weighted by Crippen LogP contribution is -2.30. The van der Waals surface area contributed by atoms with Gasteiger partial charge >= 0.3 is 0 Å². The van der Waals surface area contributed by atoms with Crippen molar-refractivity contribution in [3.05, 3.63) is 70.3 Å². The van der Waals surface area contributed by atoms with Crippen LogP contribution in [0, 0.1) is 0 Å². The van der Waals surface area contributed by atoms with Gasteiger partial charge in [0, 0.05) is 48.9 Å². The molecule has 0 saturated heterocycles. The number of fused-ring (bicyclic) bond motifs is 1. The van der Waals surface area contributed by atoms with Crippen molar-refractivity contribution in [2.24, 2.45) is 0 Å². The van der Waals surface area contributed by atoms with Gasteiger partial charge in [-0.15, -0.1) is 22.7 Å². The van der Waals surface area contributed by atoms with E-state index in [4.69, 9.17) is 9.72 Å². The molecule has 5 rings (SSSR count). The van der Waals surface area contributed by atoms with Crippen molar-refractivity contribution >= 4 is 22.7 Å². The van der Waals surface area contributed by atoms with Gasteiger partial charge in [-0.1, -0.05) is 18.2 Å². The number of benzene rings is 1. The first-order chi connectivity index (χ1) is 14.3. The SMILES string of the molecule is COc1ccccc1-c1ncc(CN2CCc3nc(-c4cccs4)ncc3C2)s1. The Kier molecular flexibility index (Phi) is 5.10. The van der Waals surface area contributed by atoms with Crippen molar-refractivity contribution in [3.63, 3.8) is 0 Å². The molecule has 1 aromatic carbocycles. The second-order valence-corrected chi connectivity index (χ2v) is 9.00. The number of nitrogens with zero attached hydrogens (tertiary/aromatic N) is 4. The van der Waals surface area contributed by atoms with Crippen LogP contribution in [0.3, 0.4) is 0 Å². The fourth-order valence-electron chi connectivity index (χ4n) is 3.58. The van der Waals surface area contributed by atoms with Crippen molar-refractivity contribution < 1.29 is 4.74 Å². The van der Waals surface area contributed by atoms with Gasteiger partial charge in [-0.2, -0.15) is 0 Å². The van der Waals surface area contributed by atoms with E-state index in [9.17, 15) is 0 Å². The Balaban J connectivity index is 1.30. The molecular formula is C22H20N4OS2. The smallest absolute Gasteiger partial charge is 0.169 e. The Morgan fingerprint density at radius 1 is 1.10 bits per heavy atom. The maximum absolute atomic E-state index is 5.48. The molecule has 0 radical (unpaired) electrons. The molecule has 1 aliphatic heterocycles. The number of ether oxygens (including phenoxy) is 1. The standard InChI is InChI=1S/C22H20N4OS2/c1-27-19-6-3-2-5-17(19)22-24-12-16(29-22)14-26-9-8-18-15(13-26)11-23-21(25-18)20-7-4-10-28-20/h2-7,10-12H,8-9,13-14H2,1H3. The molecule has 5 nitrogen and oxygen atoms in total. The molecule has 0 aliphatic carbocycles. The Labute approximate surface area is 177 Å². The molecule has 0 atom stereocenters. The van der Waals surface area contributed by atoms with Crippen molar-refractivity contribution in [1.29, 1.82) is 0 Å². The van der Waals surface area contributed by atoms with Crippen molar-refractivity contribution in [2.45, 2.75) is 19.5 Å². The van der Waals surface area contributed by atoms with Crippen LogP contribution in [-0.4, -0.2) is 33.5 Å². The molecule has 4 heterocycles. The van der Waals surface area contributed by atoms with Gasteiger partial charge < -0.3 is 4.74 Å². The largest absolute Gasteiger partial charge is 0.496 e. The summed E-state index contributed by atoms with van der Waals surface area (Å²) in [5.74, 6) is 1.70. The predicted molar refractivity (Wildman–Crippen MR) is 117 cm³/mol. The lowest BCUT2D eigenvalue weighted by molar-refractivity contribution is 0.245. The number of para-hydroxylation sites is 1. The lowest BCUT2D eigenvalue weighted by Gasteiger charge is -2.27. The number of hydrogen-bond donors (Lipinski definition) is 0. The number of hydrogen-bond acceptors (Lipinski definition) is 7. The third-order valence-electron chi connectivity index (χ3n) is 5.02. The van der Waals surface area contributed by atoms with E-state index >= 15 is 0 Å². The third-order valence-corrected chi connectivity index (χ3v) is 6.91. The second-order valence-electron chi connectivity index (χ2n) is 6.94. The molecule has 1 aliphatic rings. The molecule has 0 N–H and O–H groups in total. The number of thiazole rings is 1. The van der Waals surface area contributed by atoms with Gasteiger partial charge in [-0.25, -0.2) is 15.0 Å². The summed E-state index contributed by atoms with van der Waals surface area (Å²) in [5.41, 5.74) is 3.45. The topological polar surface area (TPSA) is 51.1 Å². The molecule has 0 saturated carbocycles. The fraction of sp³-hybridized carbons (Fsp3) is 0.227. The number of rotatable bonds is 5. The number of methoxy groups -OCH3 is 1. The molecule has 3 aromatic heterocycles.